The van der Waals surface area contributed by atoms with E-state index in [1.54, 1.807) is 0 Å². The van der Waals surface area contributed by atoms with E-state index in [1.807, 2.05) is 0 Å². The molecule has 1 aliphatic rings. The van der Waals surface area contributed by atoms with Crippen LogP contribution in [0, 0.1) is 0 Å². The van der Waals surface area contributed by atoms with E-state index in [4.69, 9.17) is 5.73 Å². The molecule has 1 saturated heterocycles. The van der Waals surface area contributed by atoms with Crippen LogP contribution in [-0.2, 0) is 13.0 Å². The minimum atomic E-state index is 0.739. The van der Waals surface area contributed by atoms with Crippen LogP contribution in [0.5, 0.6) is 0 Å². The van der Waals surface area contributed by atoms with E-state index >= 15 is 0 Å². The summed E-state index contributed by atoms with van der Waals surface area (Å²) in [5, 5.41) is 0. The summed E-state index contributed by atoms with van der Waals surface area (Å²) in [6.45, 7) is 5.44. The van der Waals surface area contributed by atoms with Crippen molar-refractivity contribution in [2.24, 2.45) is 5.73 Å². The monoisotopic (exact) mass is 232 g/mol. The number of benzene rings is 1. The molecule has 1 aromatic carbocycles. The number of hydrogen-bond acceptors (Lipinski definition) is 2. The van der Waals surface area contributed by atoms with Crippen LogP contribution in [0.2, 0.25) is 0 Å². The van der Waals surface area contributed by atoms with Crippen molar-refractivity contribution in [3.05, 3.63) is 35.4 Å². The van der Waals surface area contributed by atoms with Crippen molar-refractivity contribution < 1.29 is 0 Å². The SMILES string of the molecule is C[C@H]1CCCCN1Cc1ccc(CCN)cc1. The van der Waals surface area contributed by atoms with Crippen molar-refractivity contribution >= 4 is 0 Å². The molecule has 2 nitrogen and oxygen atoms in total. The highest BCUT2D eigenvalue weighted by Gasteiger charge is 2.17. The zero-order valence-corrected chi connectivity index (χ0v) is 10.9. The molecule has 2 N–H and O–H groups in total. The van der Waals surface area contributed by atoms with Crippen LogP contribution in [0.25, 0.3) is 0 Å². The van der Waals surface area contributed by atoms with E-state index in [0.29, 0.717) is 0 Å². The topological polar surface area (TPSA) is 29.3 Å². The molecule has 0 amide bonds. The standard InChI is InChI=1S/C15H24N2/c1-13-4-2-3-11-17(13)12-15-7-5-14(6-8-15)9-10-16/h5-8,13H,2-4,9-12,16H2,1H3/t13-/m0/s1. The highest BCUT2D eigenvalue weighted by atomic mass is 15.2. The van der Waals surface area contributed by atoms with Crippen molar-refractivity contribution in [1.29, 1.82) is 0 Å². The minimum absolute atomic E-state index is 0.739. The van der Waals surface area contributed by atoms with Gasteiger partial charge in [0.1, 0.15) is 0 Å². The molecule has 2 rings (SSSR count). The zero-order chi connectivity index (χ0) is 12.1. The largest absolute Gasteiger partial charge is 0.330 e. The molecule has 0 radical (unpaired) electrons. The Kier molecular flexibility index (Phi) is 4.57. The van der Waals surface area contributed by atoms with Gasteiger partial charge >= 0.3 is 0 Å². The van der Waals surface area contributed by atoms with Crippen LogP contribution in [0.4, 0.5) is 0 Å². The number of hydrogen-bond donors (Lipinski definition) is 1. The van der Waals surface area contributed by atoms with Crippen LogP contribution in [-0.4, -0.2) is 24.0 Å². The van der Waals surface area contributed by atoms with E-state index < -0.39 is 0 Å². The molecule has 1 aliphatic heterocycles. The van der Waals surface area contributed by atoms with Crippen molar-refractivity contribution in [1.82, 2.24) is 4.90 Å². The van der Waals surface area contributed by atoms with Gasteiger partial charge in [-0.15, -0.1) is 0 Å². The lowest BCUT2D eigenvalue weighted by Crippen LogP contribution is -2.36. The smallest absolute Gasteiger partial charge is 0.0236 e. The predicted molar refractivity (Wildman–Crippen MR) is 72.9 cm³/mol. The number of nitrogens with zero attached hydrogens (tertiary/aromatic N) is 1. The number of rotatable bonds is 4. The Morgan fingerprint density at radius 3 is 2.53 bits per heavy atom. The molecular weight excluding hydrogens is 208 g/mol. The fourth-order valence-electron chi connectivity index (χ4n) is 2.61. The second-order valence-corrected chi connectivity index (χ2v) is 5.17. The van der Waals surface area contributed by atoms with Gasteiger partial charge in [-0.05, 0) is 50.4 Å². The van der Waals surface area contributed by atoms with Crippen LogP contribution in [0.1, 0.15) is 37.3 Å². The molecule has 0 saturated carbocycles. The Morgan fingerprint density at radius 2 is 1.88 bits per heavy atom. The average Bonchev–Trinajstić information content (AvgIpc) is 2.35. The summed E-state index contributed by atoms with van der Waals surface area (Å²) in [6.07, 6.45) is 5.09. The Morgan fingerprint density at radius 1 is 1.18 bits per heavy atom. The van der Waals surface area contributed by atoms with Crippen LogP contribution >= 0.6 is 0 Å². The maximum atomic E-state index is 5.56. The van der Waals surface area contributed by atoms with E-state index in [-0.39, 0.29) is 0 Å². The Bertz CT molecular complexity index is 331. The Labute approximate surface area is 105 Å². The van der Waals surface area contributed by atoms with Gasteiger partial charge in [0.05, 0.1) is 0 Å². The lowest BCUT2D eigenvalue weighted by atomic mass is 10.0. The summed E-state index contributed by atoms with van der Waals surface area (Å²) in [5.74, 6) is 0. The molecule has 1 aromatic rings. The van der Waals surface area contributed by atoms with Crippen molar-refractivity contribution in [3.8, 4) is 0 Å². The van der Waals surface area contributed by atoms with Gasteiger partial charge in [0, 0.05) is 12.6 Å². The first kappa shape index (κ1) is 12.6. The summed E-state index contributed by atoms with van der Waals surface area (Å²) in [7, 11) is 0. The van der Waals surface area contributed by atoms with E-state index in [9.17, 15) is 0 Å². The molecule has 0 unspecified atom stereocenters. The second kappa shape index (κ2) is 6.18. The van der Waals surface area contributed by atoms with Crippen LogP contribution < -0.4 is 5.73 Å². The molecular formula is C15H24N2. The lowest BCUT2D eigenvalue weighted by Gasteiger charge is -2.33. The van der Waals surface area contributed by atoms with E-state index in [0.717, 1.165) is 25.6 Å². The molecule has 1 heterocycles. The van der Waals surface area contributed by atoms with Crippen molar-refractivity contribution in [2.45, 2.75) is 45.2 Å². The summed E-state index contributed by atoms with van der Waals surface area (Å²) < 4.78 is 0. The fraction of sp³-hybridized carbons (Fsp3) is 0.600. The quantitative estimate of drug-likeness (QED) is 0.864. The van der Waals surface area contributed by atoms with E-state index in [2.05, 4.69) is 36.1 Å². The zero-order valence-electron chi connectivity index (χ0n) is 10.9. The number of piperidine rings is 1. The fourth-order valence-corrected chi connectivity index (χ4v) is 2.61. The van der Waals surface area contributed by atoms with Gasteiger partial charge in [0.25, 0.3) is 0 Å². The number of nitrogens with two attached hydrogens (primary N) is 1. The maximum absolute atomic E-state index is 5.56. The predicted octanol–water partition coefficient (Wildman–Crippen LogP) is 2.56. The van der Waals surface area contributed by atoms with Crippen LogP contribution in [0.15, 0.2) is 24.3 Å². The van der Waals surface area contributed by atoms with Gasteiger partial charge in [0.15, 0.2) is 0 Å². The average molecular weight is 232 g/mol. The first-order valence-corrected chi connectivity index (χ1v) is 6.81. The molecule has 94 valence electrons. The molecule has 2 heteroatoms. The minimum Gasteiger partial charge on any atom is -0.330 e. The third kappa shape index (κ3) is 3.55. The molecule has 1 atom stereocenters. The van der Waals surface area contributed by atoms with Crippen molar-refractivity contribution in [3.63, 3.8) is 0 Å². The molecule has 0 bridgehead atoms. The summed E-state index contributed by atoms with van der Waals surface area (Å²) in [4.78, 5) is 2.60. The molecule has 0 aliphatic carbocycles. The summed E-state index contributed by atoms with van der Waals surface area (Å²) >= 11 is 0. The van der Waals surface area contributed by atoms with Gasteiger partial charge in [-0.1, -0.05) is 30.7 Å². The first-order chi connectivity index (χ1) is 8.29. The summed E-state index contributed by atoms with van der Waals surface area (Å²) in [5.41, 5.74) is 8.34. The Balaban J connectivity index is 1.93. The number of likely N-dealkylation sites (tertiary alicyclic amines) is 1. The van der Waals surface area contributed by atoms with Crippen LogP contribution in [0.3, 0.4) is 0 Å². The van der Waals surface area contributed by atoms with Gasteiger partial charge in [-0.3, -0.25) is 4.90 Å². The molecule has 0 spiro atoms. The maximum Gasteiger partial charge on any atom is 0.0236 e. The summed E-state index contributed by atoms with van der Waals surface area (Å²) in [6, 6.07) is 9.69. The van der Waals surface area contributed by atoms with Gasteiger partial charge in [-0.2, -0.15) is 0 Å². The molecule has 17 heavy (non-hydrogen) atoms. The third-order valence-corrected chi connectivity index (χ3v) is 3.78. The van der Waals surface area contributed by atoms with Gasteiger partial charge in [0.2, 0.25) is 0 Å². The van der Waals surface area contributed by atoms with Crippen molar-refractivity contribution in [2.75, 3.05) is 13.1 Å². The Hall–Kier alpha value is -0.860. The lowest BCUT2D eigenvalue weighted by molar-refractivity contribution is 0.152. The third-order valence-electron chi connectivity index (χ3n) is 3.78. The normalized spacial score (nSPS) is 21.6. The highest BCUT2D eigenvalue weighted by molar-refractivity contribution is 5.22. The molecule has 0 aromatic heterocycles. The first-order valence-electron chi connectivity index (χ1n) is 6.81. The highest BCUT2D eigenvalue weighted by Crippen LogP contribution is 2.19. The molecule has 1 fully saturated rings. The van der Waals surface area contributed by atoms with Gasteiger partial charge in [-0.25, -0.2) is 0 Å². The second-order valence-electron chi connectivity index (χ2n) is 5.17. The van der Waals surface area contributed by atoms with Gasteiger partial charge < -0.3 is 5.73 Å². The van der Waals surface area contributed by atoms with E-state index in [1.165, 1.54) is 36.9 Å².